The highest BCUT2D eigenvalue weighted by Crippen LogP contribution is 2.29. The van der Waals surface area contributed by atoms with Crippen LogP contribution in [0.3, 0.4) is 0 Å². The lowest BCUT2D eigenvalue weighted by Crippen LogP contribution is -2.15. The average molecular weight is 354 g/mol. The molecule has 0 radical (unpaired) electrons. The van der Waals surface area contributed by atoms with Gasteiger partial charge in [0, 0.05) is 16.1 Å². The number of aryl methyl sites for hydroxylation is 2. The topological polar surface area (TPSA) is 42.0 Å². The maximum Gasteiger partial charge on any atom is 0.229 e. The maximum absolute atomic E-state index is 13.2. The van der Waals surface area contributed by atoms with Gasteiger partial charge >= 0.3 is 0 Å². The second-order valence-corrected chi connectivity index (χ2v) is 7.03. The van der Waals surface area contributed by atoms with Gasteiger partial charge in [0.05, 0.1) is 17.1 Å². The minimum atomic E-state index is -0.286. The van der Waals surface area contributed by atoms with E-state index in [-0.39, 0.29) is 18.1 Å². The van der Waals surface area contributed by atoms with Crippen molar-refractivity contribution in [2.45, 2.75) is 26.7 Å². The molecule has 1 heterocycles. The number of rotatable bonds is 5. The van der Waals surface area contributed by atoms with E-state index in [0.29, 0.717) is 0 Å². The summed E-state index contributed by atoms with van der Waals surface area (Å²) in [6, 6.07) is 14.0. The smallest absolute Gasteiger partial charge is 0.229 e. The summed E-state index contributed by atoms with van der Waals surface area (Å²) >= 11 is 1.50. The molecule has 0 aliphatic carbocycles. The summed E-state index contributed by atoms with van der Waals surface area (Å²) in [5.74, 6) is -0.362. The number of para-hydroxylation sites is 1. The molecule has 2 aromatic carbocycles. The minimum absolute atomic E-state index is 0.0760. The van der Waals surface area contributed by atoms with E-state index >= 15 is 0 Å². The molecule has 0 spiro atoms. The molecule has 1 amide bonds. The standard InChI is InChI=1S/C20H19FN2OS/c1-3-14-6-4-5-7-17(14)23-19(24)12-18-20(22-13(2)25-18)15-8-10-16(21)11-9-15/h4-11H,3,12H2,1-2H3,(H,23,24). The Kier molecular flexibility index (Phi) is 5.24. The number of aromatic nitrogens is 1. The van der Waals surface area contributed by atoms with Gasteiger partial charge in [0.1, 0.15) is 5.82 Å². The van der Waals surface area contributed by atoms with Crippen molar-refractivity contribution in [1.29, 1.82) is 0 Å². The van der Waals surface area contributed by atoms with E-state index in [0.717, 1.165) is 38.8 Å². The largest absolute Gasteiger partial charge is 0.326 e. The predicted molar refractivity (Wildman–Crippen MR) is 100 cm³/mol. The number of halogens is 1. The summed E-state index contributed by atoms with van der Waals surface area (Å²) < 4.78 is 13.2. The molecule has 0 saturated heterocycles. The number of amides is 1. The number of nitrogens with one attached hydrogen (secondary N) is 1. The van der Waals surface area contributed by atoms with Crippen LogP contribution in [-0.2, 0) is 17.6 Å². The molecular weight excluding hydrogens is 335 g/mol. The van der Waals surface area contributed by atoms with Gasteiger partial charge in [-0.3, -0.25) is 4.79 Å². The normalized spacial score (nSPS) is 10.7. The van der Waals surface area contributed by atoms with E-state index in [4.69, 9.17) is 0 Å². The molecule has 3 nitrogen and oxygen atoms in total. The molecule has 5 heteroatoms. The highest BCUT2D eigenvalue weighted by Gasteiger charge is 2.15. The molecule has 1 aromatic heterocycles. The second kappa shape index (κ2) is 7.57. The van der Waals surface area contributed by atoms with E-state index < -0.39 is 0 Å². The summed E-state index contributed by atoms with van der Waals surface area (Å²) in [7, 11) is 0. The van der Waals surface area contributed by atoms with Crippen molar-refractivity contribution in [3.8, 4) is 11.3 Å². The molecule has 3 rings (SSSR count). The first kappa shape index (κ1) is 17.3. The second-order valence-electron chi connectivity index (χ2n) is 5.75. The van der Waals surface area contributed by atoms with E-state index in [2.05, 4.69) is 17.2 Å². The van der Waals surface area contributed by atoms with Crippen LogP contribution in [0.25, 0.3) is 11.3 Å². The molecule has 0 unspecified atom stereocenters. The zero-order valence-electron chi connectivity index (χ0n) is 14.2. The predicted octanol–water partition coefficient (Wildman–Crippen LogP) is 5.00. The van der Waals surface area contributed by atoms with Crippen LogP contribution in [0.2, 0.25) is 0 Å². The first-order chi connectivity index (χ1) is 12.1. The summed E-state index contributed by atoms with van der Waals surface area (Å²) in [5.41, 5.74) is 3.53. The third-order valence-corrected chi connectivity index (χ3v) is 4.89. The van der Waals surface area contributed by atoms with E-state index in [9.17, 15) is 9.18 Å². The number of benzene rings is 2. The SMILES string of the molecule is CCc1ccccc1NC(=O)Cc1sc(C)nc1-c1ccc(F)cc1. The molecule has 0 fully saturated rings. The number of anilines is 1. The summed E-state index contributed by atoms with van der Waals surface area (Å²) in [4.78, 5) is 17.9. The number of nitrogens with zero attached hydrogens (tertiary/aromatic N) is 1. The summed E-state index contributed by atoms with van der Waals surface area (Å²) in [6.45, 7) is 3.97. The van der Waals surface area contributed by atoms with Crippen molar-refractivity contribution < 1.29 is 9.18 Å². The third kappa shape index (κ3) is 4.12. The highest BCUT2D eigenvalue weighted by molar-refractivity contribution is 7.12. The third-order valence-electron chi connectivity index (χ3n) is 3.92. The van der Waals surface area contributed by atoms with E-state index in [1.165, 1.54) is 23.5 Å². The zero-order chi connectivity index (χ0) is 17.8. The van der Waals surface area contributed by atoms with Gasteiger partial charge in [0.25, 0.3) is 0 Å². The van der Waals surface area contributed by atoms with Crippen molar-refractivity contribution in [3.05, 3.63) is 69.8 Å². The Morgan fingerprint density at radius 3 is 2.60 bits per heavy atom. The van der Waals surface area contributed by atoms with Gasteiger partial charge in [-0.05, 0) is 49.2 Å². The Morgan fingerprint density at radius 2 is 1.88 bits per heavy atom. The van der Waals surface area contributed by atoms with Crippen LogP contribution < -0.4 is 5.32 Å². The molecule has 0 aliphatic heterocycles. The fourth-order valence-corrected chi connectivity index (χ4v) is 3.67. The molecule has 3 aromatic rings. The van der Waals surface area contributed by atoms with Crippen LogP contribution in [0.5, 0.6) is 0 Å². The fraction of sp³-hybridized carbons (Fsp3) is 0.200. The monoisotopic (exact) mass is 354 g/mol. The number of hydrogen-bond acceptors (Lipinski definition) is 3. The molecular formula is C20H19FN2OS. The molecule has 1 N–H and O–H groups in total. The highest BCUT2D eigenvalue weighted by atomic mass is 32.1. The number of carbonyl (C=O) groups is 1. The quantitative estimate of drug-likeness (QED) is 0.700. The van der Waals surface area contributed by atoms with Crippen molar-refractivity contribution in [1.82, 2.24) is 4.98 Å². The van der Waals surface area contributed by atoms with E-state index in [1.54, 1.807) is 12.1 Å². The van der Waals surface area contributed by atoms with Crippen LogP contribution in [0.1, 0.15) is 22.4 Å². The molecule has 0 saturated carbocycles. The zero-order valence-corrected chi connectivity index (χ0v) is 15.0. The number of hydrogen-bond donors (Lipinski definition) is 1. The fourth-order valence-electron chi connectivity index (χ4n) is 2.71. The number of thiazole rings is 1. The van der Waals surface area contributed by atoms with Crippen molar-refractivity contribution in [3.63, 3.8) is 0 Å². The van der Waals surface area contributed by atoms with Crippen molar-refractivity contribution >= 4 is 22.9 Å². The molecule has 0 aliphatic rings. The van der Waals surface area contributed by atoms with Gasteiger partial charge in [-0.1, -0.05) is 25.1 Å². The lowest BCUT2D eigenvalue weighted by atomic mass is 10.1. The Balaban J connectivity index is 1.81. The van der Waals surface area contributed by atoms with Gasteiger partial charge in [0.15, 0.2) is 0 Å². The maximum atomic E-state index is 13.2. The molecule has 0 atom stereocenters. The average Bonchev–Trinajstić information content (AvgIpc) is 2.96. The Morgan fingerprint density at radius 1 is 1.16 bits per heavy atom. The van der Waals surface area contributed by atoms with E-state index in [1.807, 2.05) is 31.2 Å². The summed E-state index contributed by atoms with van der Waals surface area (Å²) in [6.07, 6.45) is 1.10. The van der Waals surface area contributed by atoms with Crippen LogP contribution in [0.4, 0.5) is 10.1 Å². The first-order valence-corrected chi connectivity index (χ1v) is 8.98. The Labute approximate surface area is 150 Å². The van der Waals surface area contributed by atoms with Crippen LogP contribution >= 0.6 is 11.3 Å². The van der Waals surface area contributed by atoms with Crippen molar-refractivity contribution in [2.24, 2.45) is 0 Å². The Hall–Kier alpha value is -2.53. The molecule has 0 bridgehead atoms. The lowest BCUT2D eigenvalue weighted by molar-refractivity contribution is -0.115. The van der Waals surface area contributed by atoms with Gasteiger partial charge in [0.2, 0.25) is 5.91 Å². The summed E-state index contributed by atoms with van der Waals surface area (Å²) in [5, 5.41) is 3.87. The molecule has 128 valence electrons. The van der Waals surface area contributed by atoms with Gasteiger partial charge in [-0.2, -0.15) is 0 Å². The van der Waals surface area contributed by atoms with Crippen molar-refractivity contribution in [2.75, 3.05) is 5.32 Å². The molecule has 25 heavy (non-hydrogen) atoms. The Bertz CT molecular complexity index is 887. The lowest BCUT2D eigenvalue weighted by Gasteiger charge is -2.09. The van der Waals surface area contributed by atoms with Gasteiger partial charge in [-0.25, -0.2) is 9.37 Å². The number of carbonyl (C=O) groups excluding carboxylic acids is 1. The van der Waals surface area contributed by atoms with Gasteiger partial charge in [-0.15, -0.1) is 11.3 Å². The van der Waals surface area contributed by atoms with Gasteiger partial charge < -0.3 is 5.32 Å². The first-order valence-electron chi connectivity index (χ1n) is 8.17. The minimum Gasteiger partial charge on any atom is -0.326 e. The van der Waals surface area contributed by atoms with Crippen LogP contribution in [0.15, 0.2) is 48.5 Å². The van der Waals surface area contributed by atoms with Crippen LogP contribution in [-0.4, -0.2) is 10.9 Å². The van der Waals surface area contributed by atoms with Crippen LogP contribution in [0, 0.1) is 12.7 Å².